The zero-order valence-electron chi connectivity index (χ0n) is 28.2. The molecular formula is C45H41FOPS+. The van der Waals surface area contributed by atoms with Crippen molar-refractivity contribution in [3.05, 3.63) is 193 Å². The summed E-state index contributed by atoms with van der Waals surface area (Å²) in [5.74, 6) is 0.517. The molecule has 0 radical (unpaired) electrons. The van der Waals surface area contributed by atoms with E-state index in [9.17, 15) is 0 Å². The van der Waals surface area contributed by atoms with Crippen LogP contribution in [0.25, 0.3) is 10.8 Å². The van der Waals surface area contributed by atoms with Crippen LogP contribution in [0.2, 0.25) is 0 Å². The Bertz CT molecular complexity index is 2010. The summed E-state index contributed by atoms with van der Waals surface area (Å²) in [5.41, 5.74) is 1.11. The lowest BCUT2D eigenvalue weighted by Gasteiger charge is -2.50. The van der Waals surface area contributed by atoms with E-state index in [0.717, 1.165) is 38.0 Å². The normalized spacial score (nSPS) is 12.5. The zero-order chi connectivity index (χ0) is 33.9. The Hall–Kier alpha value is -4.69. The Morgan fingerprint density at radius 3 is 1.39 bits per heavy atom. The third-order valence-corrected chi connectivity index (χ3v) is 17.6. The molecule has 4 heteroatoms. The van der Waals surface area contributed by atoms with Crippen molar-refractivity contribution in [2.45, 2.75) is 41.5 Å². The lowest BCUT2D eigenvalue weighted by Crippen LogP contribution is -2.32. The van der Waals surface area contributed by atoms with Crippen molar-refractivity contribution < 1.29 is 8.57 Å². The third-order valence-electron chi connectivity index (χ3n) is 9.17. The summed E-state index contributed by atoms with van der Waals surface area (Å²) in [4.78, 5) is 2.29. The first-order chi connectivity index (χ1) is 23.8. The summed E-state index contributed by atoms with van der Waals surface area (Å²) in [6.45, 7) is 6.81. The Morgan fingerprint density at radius 1 is 0.531 bits per heavy atom. The lowest BCUT2D eigenvalue weighted by atomic mass is 10.1. The summed E-state index contributed by atoms with van der Waals surface area (Å²) < 4.78 is 22.4. The van der Waals surface area contributed by atoms with Gasteiger partial charge in [0.1, 0.15) is 34.7 Å². The van der Waals surface area contributed by atoms with Gasteiger partial charge in [-0.15, -0.1) is 0 Å². The minimum absolute atomic E-state index is 0.258. The quantitative estimate of drug-likeness (QED) is 0.138. The van der Waals surface area contributed by atoms with Gasteiger partial charge in [-0.1, -0.05) is 91.0 Å². The van der Waals surface area contributed by atoms with Gasteiger partial charge in [0.05, 0.1) is 6.16 Å². The van der Waals surface area contributed by atoms with Gasteiger partial charge < -0.3 is 4.18 Å². The van der Waals surface area contributed by atoms with E-state index in [0.29, 0.717) is 0 Å². The van der Waals surface area contributed by atoms with Gasteiger partial charge in [0, 0.05) is 19.9 Å². The van der Waals surface area contributed by atoms with Crippen molar-refractivity contribution in [2.24, 2.45) is 0 Å². The molecule has 1 nitrogen and oxygen atoms in total. The van der Waals surface area contributed by atoms with Crippen LogP contribution in [-0.2, 0) is 6.16 Å². The molecule has 0 aliphatic carbocycles. The number of fused-ring (bicyclic) bond motifs is 1. The monoisotopic (exact) mass is 679 g/mol. The minimum Gasteiger partial charge on any atom is -0.439 e. The molecule has 7 aromatic carbocycles. The molecular weight excluding hydrogens is 639 g/mol. The van der Waals surface area contributed by atoms with E-state index >= 15 is 4.39 Å². The Morgan fingerprint density at radius 2 is 0.959 bits per heavy atom. The predicted octanol–water partition coefficient (Wildman–Crippen LogP) is 11.5. The van der Waals surface area contributed by atoms with E-state index < -0.39 is 17.6 Å². The van der Waals surface area contributed by atoms with Crippen molar-refractivity contribution in [2.75, 3.05) is 0 Å². The Labute approximate surface area is 292 Å². The Balaban J connectivity index is 1.50. The second-order valence-corrected chi connectivity index (χ2v) is 20.2. The third kappa shape index (κ3) is 6.19. The SMILES string of the molecule is CC(C)(C)S(Oc1cc(C[P+](c2ccccc2)(c2ccccc2)c2ccccc2)cc2cc(F)ccc12)(c1ccccc1)c1ccccc1. The molecule has 0 saturated heterocycles. The fourth-order valence-electron chi connectivity index (χ4n) is 6.99. The van der Waals surface area contributed by atoms with Crippen LogP contribution in [0.15, 0.2) is 192 Å². The van der Waals surface area contributed by atoms with Crippen LogP contribution >= 0.6 is 17.6 Å². The summed E-state index contributed by atoms with van der Waals surface area (Å²) in [7, 11) is -4.35. The van der Waals surface area contributed by atoms with Gasteiger partial charge >= 0.3 is 0 Å². The highest BCUT2D eigenvalue weighted by molar-refractivity contribution is 8.31. The average Bonchev–Trinajstić information content (AvgIpc) is 3.14. The maximum Gasteiger partial charge on any atom is 0.144 e. The smallest absolute Gasteiger partial charge is 0.144 e. The molecule has 244 valence electrons. The van der Waals surface area contributed by atoms with Crippen molar-refractivity contribution >= 4 is 44.3 Å². The second-order valence-electron chi connectivity index (χ2n) is 13.3. The summed E-state index contributed by atoms with van der Waals surface area (Å²) in [6.07, 6.45) is 0.752. The molecule has 0 heterocycles. The summed E-state index contributed by atoms with van der Waals surface area (Å²) >= 11 is 0. The predicted molar refractivity (Wildman–Crippen MR) is 210 cm³/mol. The van der Waals surface area contributed by atoms with E-state index in [-0.39, 0.29) is 10.6 Å². The molecule has 49 heavy (non-hydrogen) atoms. The number of rotatable bonds is 9. The van der Waals surface area contributed by atoms with Gasteiger partial charge in [-0.2, -0.15) is 0 Å². The summed E-state index contributed by atoms with van der Waals surface area (Å²) in [5, 5.41) is 5.65. The molecule has 0 bridgehead atoms. The van der Waals surface area contributed by atoms with Crippen LogP contribution in [0.3, 0.4) is 0 Å². The number of hydrogen-bond acceptors (Lipinski definition) is 1. The van der Waals surface area contributed by atoms with Crippen molar-refractivity contribution in [1.29, 1.82) is 0 Å². The van der Waals surface area contributed by atoms with Gasteiger partial charge in [-0.05, 0) is 133 Å². The maximum absolute atomic E-state index is 15.1. The van der Waals surface area contributed by atoms with Crippen LogP contribution in [-0.4, -0.2) is 4.75 Å². The van der Waals surface area contributed by atoms with E-state index in [4.69, 9.17) is 4.18 Å². The first-order valence-corrected chi connectivity index (χ1v) is 20.2. The van der Waals surface area contributed by atoms with Gasteiger partial charge in [-0.25, -0.2) is 4.39 Å². The Kier molecular flexibility index (Phi) is 9.16. The molecule has 0 saturated carbocycles. The van der Waals surface area contributed by atoms with E-state index in [1.807, 2.05) is 6.07 Å². The molecule has 7 rings (SSSR count). The average molecular weight is 680 g/mol. The fourth-order valence-corrected chi connectivity index (χ4v) is 14.8. The van der Waals surface area contributed by atoms with Crippen molar-refractivity contribution in [1.82, 2.24) is 0 Å². The van der Waals surface area contributed by atoms with E-state index in [2.05, 4.69) is 185 Å². The molecule has 0 N–H and O–H groups in total. The van der Waals surface area contributed by atoms with Gasteiger partial charge in [0.25, 0.3) is 0 Å². The van der Waals surface area contributed by atoms with E-state index in [1.165, 1.54) is 15.9 Å². The first kappa shape index (κ1) is 32.8. The topological polar surface area (TPSA) is 9.23 Å². The number of hydrogen-bond donors (Lipinski definition) is 0. The van der Waals surface area contributed by atoms with Crippen molar-refractivity contribution in [3.63, 3.8) is 0 Å². The maximum atomic E-state index is 15.1. The van der Waals surface area contributed by atoms with Gasteiger partial charge in [0.15, 0.2) is 0 Å². The first-order valence-electron chi connectivity index (χ1n) is 16.7. The number of halogens is 1. The van der Waals surface area contributed by atoms with E-state index in [1.54, 1.807) is 12.1 Å². The number of benzene rings is 7. The van der Waals surface area contributed by atoms with Crippen LogP contribution in [0, 0.1) is 5.82 Å². The highest BCUT2D eigenvalue weighted by Gasteiger charge is 2.46. The van der Waals surface area contributed by atoms with Crippen LogP contribution < -0.4 is 20.1 Å². The highest BCUT2D eigenvalue weighted by Crippen LogP contribution is 2.71. The molecule has 0 amide bonds. The van der Waals surface area contributed by atoms with Crippen molar-refractivity contribution in [3.8, 4) is 5.75 Å². The highest BCUT2D eigenvalue weighted by atomic mass is 32.3. The minimum atomic E-state index is -2.23. The molecule has 7 aromatic rings. The fraction of sp³-hybridized carbons (Fsp3) is 0.111. The molecule has 0 aromatic heterocycles. The van der Waals surface area contributed by atoms with Crippen LogP contribution in [0.1, 0.15) is 26.3 Å². The molecule has 0 aliphatic heterocycles. The van der Waals surface area contributed by atoms with Gasteiger partial charge in [0.2, 0.25) is 0 Å². The summed E-state index contributed by atoms with van der Waals surface area (Å²) in [6, 6.07) is 63.4. The zero-order valence-corrected chi connectivity index (χ0v) is 29.9. The largest absolute Gasteiger partial charge is 0.439 e. The molecule has 0 unspecified atom stereocenters. The standard InChI is InChI=1S/C45H41FOPS/c1-45(2,3)49(41-25-15-7-16-26-41,42-27-17-8-18-28-42)47-44-32-35(31-36-33-37(46)29-30-43(36)44)34-48(38-19-9-4-10-20-38,39-21-11-5-12-22-39)40-23-13-6-14-24-40/h4-33H,34H2,1-3H3/q+1. The molecule has 0 spiro atoms. The molecule has 0 atom stereocenters. The lowest BCUT2D eigenvalue weighted by molar-refractivity contribution is 0.578. The second kappa shape index (κ2) is 13.7. The molecule has 0 fully saturated rings. The molecule has 0 aliphatic rings. The van der Waals surface area contributed by atoms with Crippen LogP contribution in [0.4, 0.5) is 4.39 Å². The van der Waals surface area contributed by atoms with Gasteiger partial charge in [-0.3, -0.25) is 0 Å². The van der Waals surface area contributed by atoms with Crippen LogP contribution in [0.5, 0.6) is 5.75 Å².